The second kappa shape index (κ2) is 7.14. The highest BCUT2D eigenvalue weighted by Gasteiger charge is 2.15. The molecular formula is C14H17N3O3. The smallest absolute Gasteiger partial charge is 0.340 e. The minimum atomic E-state index is -0.631. The number of nitrogens with two attached hydrogens (primary N) is 1. The summed E-state index contributed by atoms with van der Waals surface area (Å²) in [5, 5.41) is 8.43. The monoisotopic (exact) mass is 275 g/mol. The number of amides is 1. The molecule has 0 aromatic heterocycles. The van der Waals surface area contributed by atoms with Crippen molar-refractivity contribution in [3.8, 4) is 6.07 Å². The number of benzene rings is 1. The van der Waals surface area contributed by atoms with E-state index < -0.39 is 5.97 Å². The van der Waals surface area contributed by atoms with Crippen molar-refractivity contribution >= 4 is 17.6 Å². The van der Waals surface area contributed by atoms with Crippen LogP contribution >= 0.6 is 0 Å². The number of anilines is 1. The van der Waals surface area contributed by atoms with Gasteiger partial charge >= 0.3 is 5.97 Å². The number of para-hydroxylation sites is 1. The maximum Gasteiger partial charge on any atom is 0.340 e. The molecule has 20 heavy (non-hydrogen) atoms. The molecule has 106 valence electrons. The summed E-state index contributed by atoms with van der Waals surface area (Å²) in [6.07, 6.45) is 0.237. The number of hydrogen-bond donors (Lipinski definition) is 1. The van der Waals surface area contributed by atoms with Crippen molar-refractivity contribution < 1.29 is 14.3 Å². The van der Waals surface area contributed by atoms with Gasteiger partial charge in [0, 0.05) is 19.3 Å². The highest BCUT2D eigenvalue weighted by molar-refractivity contribution is 5.96. The number of ether oxygens (including phenoxy) is 1. The molecule has 2 N–H and O–H groups in total. The van der Waals surface area contributed by atoms with Crippen LogP contribution in [0.5, 0.6) is 0 Å². The molecule has 6 heteroatoms. The zero-order valence-electron chi connectivity index (χ0n) is 11.5. The third-order valence-electron chi connectivity index (χ3n) is 2.86. The lowest BCUT2D eigenvalue weighted by atomic mass is 10.1. The standard InChI is InChI=1S/C14H17N3O3/c1-10-5-3-6-11(13(10)16)14(19)20-9-12(18)17(2)8-4-7-15/h3,5-6H,4,8-9,16H2,1-2H3. The molecule has 0 unspecified atom stereocenters. The number of rotatable bonds is 5. The number of carbonyl (C=O) groups excluding carboxylic acids is 2. The normalized spacial score (nSPS) is 9.65. The Labute approximate surface area is 117 Å². The van der Waals surface area contributed by atoms with Crippen LogP contribution in [0.1, 0.15) is 22.3 Å². The first kappa shape index (κ1) is 15.5. The summed E-state index contributed by atoms with van der Waals surface area (Å²) in [6, 6.07) is 6.97. The third-order valence-corrected chi connectivity index (χ3v) is 2.86. The van der Waals surface area contributed by atoms with Gasteiger partial charge in [-0.2, -0.15) is 5.26 Å². The summed E-state index contributed by atoms with van der Waals surface area (Å²) in [6.45, 7) is 1.72. The number of hydrogen-bond acceptors (Lipinski definition) is 5. The summed E-state index contributed by atoms with van der Waals surface area (Å²) in [7, 11) is 1.55. The fourth-order valence-electron chi connectivity index (χ4n) is 1.52. The summed E-state index contributed by atoms with van der Waals surface area (Å²) in [4.78, 5) is 24.8. The lowest BCUT2D eigenvalue weighted by molar-refractivity contribution is -0.133. The highest BCUT2D eigenvalue weighted by Crippen LogP contribution is 2.17. The maximum atomic E-state index is 11.8. The van der Waals surface area contributed by atoms with Crippen molar-refractivity contribution in [2.75, 3.05) is 25.9 Å². The van der Waals surface area contributed by atoms with Crippen molar-refractivity contribution in [2.45, 2.75) is 13.3 Å². The lowest BCUT2D eigenvalue weighted by Gasteiger charge is -2.15. The third kappa shape index (κ3) is 3.99. The molecule has 0 bridgehead atoms. The molecule has 0 radical (unpaired) electrons. The first-order chi connectivity index (χ1) is 9.47. The van der Waals surface area contributed by atoms with Crippen LogP contribution in [0.15, 0.2) is 18.2 Å². The Bertz CT molecular complexity index is 549. The van der Waals surface area contributed by atoms with E-state index in [4.69, 9.17) is 15.7 Å². The molecule has 0 aliphatic carbocycles. The first-order valence-electron chi connectivity index (χ1n) is 6.10. The van der Waals surface area contributed by atoms with Crippen molar-refractivity contribution in [1.82, 2.24) is 4.90 Å². The first-order valence-corrected chi connectivity index (χ1v) is 6.10. The Morgan fingerprint density at radius 3 is 2.80 bits per heavy atom. The van der Waals surface area contributed by atoms with Crippen molar-refractivity contribution in [3.63, 3.8) is 0 Å². The molecule has 0 fully saturated rings. The van der Waals surface area contributed by atoms with Crippen LogP contribution in [0.3, 0.4) is 0 Å². The van der Waals surface area contributed by atoms with Gasteiger partial charge in [-0.05, 0) is 18.6 Å². The molecule has 1 aromatic carbocycles. The van der Waals surface area contributed by atoms with Gasteiger partial charge in [0.05, 0.1) is 18.1 Å². The van der Waals surface area contributed by atoms with Gasteiger partial charge in [-0.25, -0.2) is 4.79 Å². The van der Waals surface area contributed by atoms with Gasteiger partial charge in [0.2, 0.25) is 0 Å². The number of likely N-dealkylation sites (N-methyl/N-ethyl adjacent to an activating group) is 1. The van der Waals surface area contributed by atoms with Crippen LogP contribution in [0.2, 0.25) is 0 Å². The number of aryl methyl sites for hydroxylation is 1. The topological polar surface area (TPSA) is 96.4 Å². The van der Waals surface area contributed by atoms with Gasteiger partial charge in [-0.15, -0.1) is 0 Å². The second-order valence-electron chi connectivity index (χ2n) is 4.34. The maximum absolute atomic E-state index is 11.8. The van der Waals surface area contributed by atoms with Crippen LogP contribution < -0.4 is 5.73 Å². The molecule has 0 aliphatic rings. The Hall–Kier alpha value is -2.55. The van der Waals surface area contributed by atoms with Gasteiger partial charge in [-0.3, -0.25) is 4.79 Å². The quantitative estimate of drug-likeness (QED) is 0.641. The van der Waals surface area contributed by atoms with Gasteiger partial charge in [0.15, 0.2) is 6.61 Å². The van der Waals surface area contributed by atoms with E-state index in [0.717, 1.165) is 5.56 Å². The highest BCUT2D eigenvalue weighted by atomic mass is 16.5. The average molecular weight is 275 g/mol. The Kier molecular flexibility index (Phi) is 5.54. The Morgan fingerprint density at radius 1 is 1.45 bits per heavy atom. The molecule has 1 aromatic rings. The largest absolute Gasteiger partial charge is 0.452 e. The van der Waals surface area contributed by atoms with E-state index in [-0.39, 0.29) is 24.5 Å². The van der Waals surface area contributed by atoms with E-state index in [1.807, 2.05) is 6.07 Å². The molecule has 1 amide bonds. The van der Waals surface area contributed by atoms with E-state index in [9.17, 15) is 9.59 Å². The van der Waals surface area contributed by atoms with Gasteiger partial charge in [0.1, 0.15) is 0 Å². The zero-order chi connectivity index (χ0) is 15.1. The molecular weight excluding hydrogens is 258 g/mol. The van der Waals surface area contributed by atoms with Gasteiger partial charge in [0.25, 0.3) is 5.91 Å². The number of nitrogen functional groups attached to an aromatic ring is 1. The summed E-state index contributed by atoms with van der Waals surface area (Å²) in [5.41, 5.74) is 7.16. The molecule has 0 spiro atoms. The van der Waals surface area contributed by atoms with Crippen molar-refractivity contribution in [1.29, 1.82) is 5.26 Å². The number of esters is 1. The molecule has 0 saturated carbocycles. The second-order valence-corrected chi connectivity index (χ2v) is 4.34. The van der Waals surface area contributed by atoms with Crippen LogP contribution in [0.4, 0.5) is 5.69 Å². The summed E-state index contributed by atoms with van der Waals surface area (Å²) in [5.74, 6) is -0.993. The average Bonchev–Trinajstić information content (AvgIpc) is 2.44. The number of nitriles is 1. The van der Waals surface area contributed by atoms with E-state index in [0.29, 0.717) is 12.2 Å². The summed E-state index contributed by atoms with van der Waals surface area (Å²) < 4.78 is 4.93. The van der Waals surface area contributed by atoms with Gasteiger partial charge in [-0.1, -0.05) is 12.1 Å². The van der Waals surface area contributed by atoms with Crippen molar-refractivity contribution in [2.24, 2.45) is 0 Å². The molecule has 1 rings (SSSR count). The van der Waals surface area contributed by atoms with Crippen molar-refractivity contribution in [3.05, 3.63) is 29.3 Å². The molecule has 0 aliphatic heterocycles. The zero-order valence-corrected chi connectivity index (χ0v) is 11.5. The molecule has 6 nitrogen and oxygen atoms in total. The van der Waals surface area contributed by atoms with Crippen LogP contribution in [0, 0.1) is 18.3 Å². The van der Waals surface area contributed by atoms with Crippen LogP contribution in [-0.2, 0) is 9.53 Å². The van der Waals surface area contributed by atoms with E-state index >= 15 is 0 Å². The Morgan fingerprint density at radius 2 is 2.15 bits per heavy atom. The molecule has 0 heterocycles. The minimum Gasteiger partial charge on any atom is -0.452 e. The van der Waals surface area contributed by atoms with E-state index in [1.165, 1.54) is 4.90 Å². The van der Waals surface area contributed by atoms with Gasteiger partial charge < -0.3 is 15.4 Å². The van der Waals surface area contributed by atoms with Crippen LogP contribution in [0.25, 0.3) is 0 Å². The number of carbonyl (C=O) groups is 2. The predicted molar refractivity (Wildman–Crippen MR) is 73.7 cm³/mol. The Balaban J connectivity index is 2.58. The fraction of sp³-hybridized carbons (Fsp3) is 0.357. The number of nitrogens with zero attached hydrogens (tertiary/aromatic N) is 2. The molecule has 0 saturated heterocycles. The molecule has 0 atom stereocenters. The minimum absolute atomic E-state index is 0.237. The van der Waals surface area contributed by atoms with E-state index in [1.54, 1.807) is 32.2 Å². The fourth-order valence-corrected chi connectivity index (χ4v) is 1.52. The SMILES string of the molecule is Cc1cccc(C(=O)OCC(=O)N(C)CCC#N)c1N. The summed E-state index contributed by atoms with van der Waals surface area (Å²) >= 11 is 0. The lowest BCUT2D eigenvalue weighted by Crippen LogP contribution is -2.32. The van der Waals surface area contributed by atoms with Crippen LogP contribution in [-0.4, -0.2) is 37.0 Å². The van der Waals surface area contributed by atoms with E-state index in [2.05, 4.69) is 0 Å². The predicted octanol–water partition coefficient (Wildman–Crippen LogP) is 1.11.